The van der Waals surface area contributed by atoms with Crippen molar-refractivity contribution in [3.63, 3.8) is 0 Å². The van der Waals surface area contributed by atoms with E-state index in [2.05, 4.69) is 0 Å². The zero-order valence-corrected chi connectivity index (χ0v) is 9.96. The van der Waals surface area contributed by atoms with Crippen molar-refractivity contribution in [2.45, 2.75) is 13.8 Å². The lowest BCUT2D eigenvalue weighted by atomic mass is 10.1. The first-order chi connectivity index (χ1) is 8.41. The number of carbonyl (C=O) groups is 2. The molecule has 3 nitrogen and oxygen atoms in total. The van der Waals surface area contributed by atoms with Gasteiger partial charge in [0.05, 0.1) is 11.3 Å². The summed E-state index contributed by atoms with van der Waals surface area (Å²) in [5.41, 5.74) is 0.592. The summed E-state index contributed by atoms with van der Waals surface area (Å²) < 4.78 is 26.7. The Morgan fingerprint density at radius 1 is 1.28 bits per heavy atom. The normalized spacial score (nSPS) is 13.9. The number of amides is 1. The van der Waals surface area contributed by atoms with Crippen LogP contribution in [0.5, 0.6) is 0 Å². The minimum Gasteiger partial charge on any atom is -0.298 e. The zero-order valence-electron chi connectivity index (χ0n) is 9.96. The van der Waals surface area contributed by atoms with Crippen molar-refractivity contribution in [3.05, 3.63) is 41.0 Å². The molecule has 1 aliphatic heterocycles. The fourth-order valence-electron chi connectivity index (χ4n) is 1.80. The largest absolute Gasteiger partial charge is 0.299 e. The molecule has 18 heavy (non-hydrogen) atoms. The maximum absolute atomic E-state index is 13.7. The van der Waals surface area contributed by atoms with Gasteiger partial charge in [0, 0.05) is 12.6 Å². The summed E-state index contributed by atoms with van der Waals surface area (Å²) in [7, 11) is 0. The highest BCUT2D eigenvalue weighted by atomic mass is 19.1. The van der Waals surface area contributed by atoms with Crippen LogP contribution in [0.1, 0.15) is 24.2 Å². The first-order valence-electron chi connectivity index (χ1n) is 5.40. The molecule has 0 atom stereocenters. The first-order valence-corrected chi connectivity index (χ1v) is 5.40. The molecule has 0 saturated carbocycles. The summed E-state index contributed by atoms with van der Waals surface area (Å²) in [5.74, 6) is -3.46. The van der Waals surface area contributed by atoms with Gasteiger partial charge in [0.1, 0.15) is 5.82 Å². The van der Waals surface area contributed by atoms with E-state index in [1.165, 1.54) is 0 Å². The molecule has 0 spiro atoms. The van der Waals surface area contributed by atoms with Crippen LogP contribution in [0.2, 0.25) is 0 Å². The molecule has 2 rings (SSSR count). The third kappa shape index (κ3) is 1.92. The van der Waals surface area contributed by atoms with Crippen LogP contribution in [-0.2, 0) is 4.79 Å². The van der Waals surface area contributed by atoms with Crippen molar-refractivity contribution in [1.82, 2.24) is 0 Å². The molecule has 1 amide bonds. The maximum atomic E-state index is 13.7. The minimum absolute atomic E-state index is 0.0997. The lowest BCUT2D eigenvalue weighted by Gasteiger charge is -2.15. The van der Waals surface area contributed by atoms with E-state index in [0.29, 0.717) is 6.07 Å². The number of allylic oxidation sites excluding steroid dienone is 1. The zero-order chi connectivity index (χ0) is 13.4. The molecule has 0 aromatic heterocycles. The molecule has 1 aromatic carbocycles. The molecule has 0 N–H and O–H groups in total. The summed E-state index contributed by atoms with van der Waals surface area (Å²) in [5, 5.41) is 0. The predicted molar refractivity (Wildman–Crippen MR) is 62.5 cm³/mol. The van der Waals surface area contributed by atoms with Crippen molar-refractivity contribution in [2.75, 3.05) is 11.4 Å². The minimum atomic E-state index is -0.897. The fourth-order valence-corrected chi connectivity index (χ4v) is 1.80. The van der Waals surface area contributed by atoms with Gasteiger partial charge in [-0.25, -0.2) is 8.78 Å². The van der Waals surface area contributed by atoms with Gasteiger partial charge in [0.25, 0.3) is 11.7 Å². The van der Waals surface area contributed by atoms with Crippen LogP contribution in [0.25, 0.3) is 0 Å². The van der Waals surface area contributed by atoms with Crippen LogP contribution >= 0.6 is 0 Å². The Kier molecular flexibility index (Phi) is 2.98. The van der Waals surface area contributed by atoms with E-state index in [1.54, 1.807) is 6.08 Å². The van der Waals surface area contributed by atoms with Crippen molar-refractivity contribution in [1.29, 1.82) is 0 Å². The van der Waals surface area contributed by atoms with Crippen LogP contribution in [0.3, 0.4) is 0 Å². The average Bonchev–Trinajstić information content (AvgIpc) is 2.51. The van der Waals surface area contributed by atoms with Gasteiger partial charge in [0.15, 0.2) is 5.82 Å². The lowest BCUT2D eigenvalue weighted by Crippen LogP contribution is -2.30. The molecule has 1 aromatic rings. The Hall–Kier alpha value is -2.04. The number of rotatable bonds is 2. The molecule has 94 valence electrons. The molecule has 0 radical (unpaired) electrons. The summed E-state index contributed by atoms with van der Waals surface area (Å²) in [6.45, 7) is 3.75. The first kappa shape index (κ1) is 12.4. The molecule has 1 heterocycles. The third-order valence-electron chi connectivity index (χ3n) is 2.66. The quantitative estimate of drug-likeness (QED) is 0.598. The summed E-state index contributed by atoms with van der Waals surface area (Å²) in [6, 6.07) is 1.56. The van der Waals surface area contributed by atoms with Crippen LogP contribution in [-0.4, -0.2) is 18.2 Å². The van der Waals surface area contributed by atoms with E-state index in [-0.39, 0.29) is 17.8 Å². The van der Waals surface area contributed by atoms with Crippen molar-refractivity contribution in [3.8, 4) is 0 Å². The number of halogens is 2. The number of nitrogens with zero attached hydrogens (tertiary/aromatic N) is 1. The van der Waals surface area contributed by atoms with Crippen LogP contribution in [0, 0.1) is 11.6 Å². The van der Waals surface area contributed by atoms with E-state index < -0.39 is 23.3 Å². The molecule has 5 heteroatoms. The Labute approximate surface area is 103 Å². The number of ketones is 1. The highest BCUT2D eigenvalue weighted by molar-refractivity contribution is 6.52. The van der Waals surface area contributed by atoms with Gasteiger partial charge in [0.2, 0.25) is 0 Å². The average molecular weight is 251 g/mol. The fraction of sp³-hybridized carbons (Fsp3) is 0.231. The monoisotopic (exact) mass is 251 g/mol. The standard InChI is InChI=1S/C13H11F2NO2/c1-7(2)3-4-16-11-9(12(17)13(16)18)5-8(14)6-10(11)15/h3,5-6H,4H2,1-2H3. The van der Waals surface area contributed by atoms with Crippen LogP contribution < -0.4 is 4.90 Å². The Morgan fingerprint density at radius 2 is 1.94 bits per heavy atom. The van der Waals surface area contributed by atoms with Gasteiger partial charge in [-0.3, -0.25) is 14.5 Å². The van der Waals surface area contributed by atoms with Gasteiger partial charge in [-0.2, -0.15) is 0 Å². The smallest absolute Gasteiger partial charge is 0.298 e. The van der Waals surface area contributed by atoms with Gasteiger partial charge in [-0.15, -0.1) is 0 Å². The SMILES string of the molecule is CC(C)=CCN1C(=O)C(=O)c2cc(F)cc(F)c21. The van der Waals surface area contributed by atoms with Gasteiger partial charge < -0.3 is 0 Å². The van der Waals surface area contributed by atoms with Gasteiger partial charge in [-0.1, -0.05) is 11.6 Å². The Balaban J connectivity index is 2.51. The highest BCUT2D eigenvalue weighted by Gasteiger charge is 2.38. The van der Waals surface area contributed by atoms with Crippen molar-refractivity contribution >= 4 is 17.4 Å². The molecule has 1 aliphatic rings. The van der Waals surface area contributed by atoms with E-state index in [4.69, 9.17) is 0 Å². The lowest BCUT2D eigenvalue weighted by molar-refractivity contribution is -0.114. The maximum Gasteiger partial charge on any atom is 0.299 e. The molecule has 0 fully saturated rings. The van der Waals surface area contributed by atoms with E-state index in [9.17, 15) is 18.4 Å². The third-order valence-corrected chi connectivity index (χ3v) is 2.66. The molecule has 0 aliphatic carbocycles. The van der Waals surface area contributed by atoms with E-state index in [1.807, 2.05) is 13.8 Å². The van der Waals surface area contributed by atoms with Gasteiger partial charge >= 0.3 is 0 Å². The second-order valence-corrected chi connectivity index (χ2v) is 4.31. The second kappa shape index (κ2) is 4.33. The number of fused-ring (bicyclic) bond motifs is 1. The van der Waals surface area contributed by atoms with Crippen LogP contribution in [0.4, 0.5) is 14.5 Å². The topological polar surface area (TPSA) is 37.4 Å². The van der Waals surface area contributed by atoms with E-state index in [0.717, 1.165) is 16.5 Å². The number of carbonyl (C=O) groups excluding carboxylic acids is 2. The number of anilines is 1. The second-order valence-electron chi connectivity index (χ2n) is 4.31. The molecular formula is C13H11F2NO2. The molecule has 0 bridgehead atoms. The van der Waals surface area contributed by atoms with Crippen molar-refractivity contribution in [2.24, 2.45) is 0 Å². The van der Waals surface area contributed by atoms with Crippen LogP contribution in [0.15, 0.2) is 23.8 Å². The van der Waals surface area contributed by atoms with E-state index >= 15 is 0 Å². The number of hydrogen-bond donors (Lipinski definition) is 0. The van der Waals surface area contributed by atoms with Gasteiger partial charge in [-0.05, 0) is 19.9 Å². The molecule has 0 saturated heterocycles. The number of benzene rings is 1. The highest BCUT2D eigenvalue weighted by Crippen LogP contribution is 2.32. The Bertz CT molecular complexity index is 575. The summed E-state index contributed by atoms with van der Waals surface area (Å²) in [6.07, 6.45) is 1.70. The summed E-state index contributed by atoms with van der Waals surface area (Å²) in [4.78, 5) is 24.3. The molecule has 0 unspecified atom stereocenters. The number of hydrogen-bond acceptors (Lipinski definition) is 2. The Morgan fingerprint density at radius 3 is 2.56 bits per heavy atom. The van der Waals surface area contributed by atoms with Crippen molar-refractivity contribution < 1.29 is 18.4 Å². The molecular weight excluding hydrogens is 240 g/mol. The predicted octanol–water partition coefficient (Wildman–Crippen LogP) is 2.46. The summed E-state index contributed by atoms with van der Waals surface area (Å²) >= 11 is 0. The number of Topliss-reactive ketones (excluding diaryl/α,β-unsaturated/α-hetero) is 1.